The molecule has 2 aromatic carbocycles. The molecule has 26 heavy (non-hydrogen) atoms. The highest BCUT2D eigenvalue weighted by Gasteiger charge is 2.16. The van der Waals surface area contributed by atoms with Crippen LogP contribution in [0, 0.1) is 6.92 Å². The first-order valence-electron chi connectivity index (χ1n) is 8.18. The van der Waals surface area contributed by atoms with E-state index in [2.05, 4.69) is 10.3 Å². The Bertz CT molecular complexity index is 1120. The summed E-state index contributed by atoms with van der Waals surface area (Å²) >= 11 is 0. The van der Waals surface area contributed by atoms with Crippen LogP contribution in [0.5, 0.6) is 5.75 Å². The van der Waals surface area contributed by atoms with Gasteiger partial charge in [0.1, 0.15) is 17.2 Å². The fourth-order valence-corrected chi connectivity index (χ4v) is 2.83. The number of aryl methyl sites for hydroxylation is 1. The number of benzene rings is 2. The topological polar surface area (TPSA) is 75.4 Å². The summed E-state index contributed by atoms with van der Waals surface area (Å²) < 4.78 is 5.66. The molecule has 4 aromatic rings. The van der Waals surface area contributed by atoms with Crippen LogP contribution in [0.4, 0.5) is 5.69 Å². The van der Waals surface area contributed by atoms with Crippen molar-refractivity contribution in [2.75, 3.05) is 5.32 Å². The minimum atomic E-state index is -0.324. The molecule has 4 rings (SSSR count). The second kappa shape index (κ2) is 6.37. The lowest BCUT2D eigenvalue weighted by molar-refractivity contribution is 0.102. The van der Waals surface area contributed by atoms with Crippen molar-refractivity contribution in [2.24, 2.45) is 0 Å². The van der Waals surface area contributed by atoms with Crippen LogP contribution in [-0.2, 0) is 0 Å². The van der Waals surface area contributed by atoms with Gasteiger partial charge in [-0.25, -0.2) is 4.98 Å². The number of aromatic nitrogens is 1. The Morgan fingerprint density at radius 1 is 1.04 bits per heavy atom. The van der Waals surface area contributed by atoms with Crippen molar-refractivity contribution in [3.8, 4) is 17.2 Å². The molecule has 0 aliphatic carbocycles. The third-order valence-electron chi connectivity index (χ3n) is 4.11. The Labute approximate surface area is 149 Å². The number of anilines is 1. The van der Waals surface area contributed by atoms with Crippen molar-refractivity contribution < 1.29 is 14.3 Å². The Kier molecular flexibility index (Phi) is 3.89. The van der Waals surface area contributed by atoms with E-state index in [-0.39, 0.29) is 11.7 Å². The Morgan fingerprint density at radius 3 is 2.58 bits per heavy atom. The molecular weight excluding hydrogens is 328 g/mol. The fraction of sp³-hybridized carbons (Fsp3) is 0.0476. The minimum Gasteiger partial charge on any atom is -0.506 e. The summed E-state index contributed by atoms with van der Waals surface area (Å²) in [5.41, 5.74) is 2.09. The van der Waals surface area contributed by atoms with Gasteiger partial charge in [-0.3, -0.25) is 4.79 Å². The van der Waals surface area contributed by atoms with E-state index < -0.39 is 0 Å². The van der Waals surface area contributed by atoms with Gasteiger partial charge in [0, 0.05) is 5.39 Å². The number of amides is 1. The zero-order valence-corrected chi connectivity index (χ0v) is 14.1. The summed E-state index contributed by atoms with van der Waals surface area (Å²) in [5, 5.41) is 13.4. The summed E-state index contributed by atoms with van der Waals surface area (Å²) in [5.74, 6) is 1.07. The molecule has 0 aliphatic rings. The van der Waals surface area contributed by atoms with Crippen molar-refractivity contribution in [3.05, 3.63) is 78.1 Å². The molecule has 5 nitrogen and oxygen atoms in total. The van der Waals surface area contributed by atoms with Gasteiger partial charge in [-0.2, -0.15) is 0 Å². The number of furan rings is 1. The van der Waals surface area contributed by atoms with E-state index in [1.54, 1.807) is 24.3 Å². The van der Waals surface area contributed by atoms with Gasteiger partial charge in [0.2, 0.25) is 0 Å². The molecule has 128 valence electrons. The molecule has 0 atom stereocenters. The molecule has 1 amide bonds. The van der Waals surface area contributed by atoms with Gasteiger partial charge in [-0.05, 0) is 43.3 Å². The predicted molar refractivity (Wildman–Crippen MR) is 100 cm³/mol. The third kappa shape index (κ3) is 2.91. The van der Waals surface area contributed by atoms with Crippen LogP contribution >= 0.6 is 0 Å². The van der Waals surface area contributed by atoms with Gasteiger partial charge in [0.05, 0.1) is 16.8 Å². The van der Waals surface area contributed by atoms with Crippen LogP contribution < -0.4 is 5.32 Å². The molecular formula is C21H16N2O3. The lowest BCUT2D eigenvalue weighted by atomic mass is 10.1. The number of nitrogens with one attached hydrogen (secondary N) is 1. The first-order valence-corrected chi connectivity index (χ1v) is 8.18. The van der Waals surface area contributed by atoms with Gasteiger partial charge in [-0.15, -0.1) is 0 Å². The van der Waals surface area contributed by atoms with Crippen molar-refractivity contribution in [2.45, 2.75) is 6.92 Å². The quantitative estimate of drug-likeness (QED) is 0.525. The summed E-state index contributed by atoms with van der Waals surface area (Å²) in [6.45, 7) is 1.86. The molecule has 0 radical (unpaired) electrons. The summed E-state index contributed by atoms with van der Waals surface area (Å²) in [7, 11) is 0. The highest BCUT2D eigenvalue weighted by atomic mass is 16.3. The average molecular weight is 344 g/mol. The fourth-order valence-electron chi connectivity index (χ4n) is 2.83. The Balaban J connectivity index is 1.82. The molecule has 0 spiro atoms. The molecule has 5 heteroatoms. The second-order valence-corrected chi connectivity index (χ2v) is 5.95. The first kappa shape index (κ1) is 15.9. The number of hydrogen-bond acceptors (Lipinski definition) is 4. The number of para-hydroxylation sites is 3. The van der Waals surface area contributed by atoms with E-state index in [0.717, 1.165) is 11.1 Å². The largest absolute Gasteiger partial charge is 0.506 e. The molecule has 0 unspecified atom stereocenters. The Morgan fingerprint density at radius 2 is 1.81 bits per heavy atom. The van der Waals surface area contributed by atoms with Gasteiger partial charge >= 0.3 is 0 Å². The first-order chi connectivity index (χ1) is 12.6. The van der Waals surface area contributed by atoms with Gasteiger partial charge in [0.25, 0.3) is 5.91 Å². The monoisotopic (exact) mass is 344 g/mol. The lowest BCUT2D eigenvalue weighted by Crippen LogP contribution is -2.13. The SMILES string of the molecule is Cc1ccc(-c2cc(C(=O)Nc3ccccc3O)c3ccccc3n2)o1. The number of carbonyl (C=O) groups is 1. The van der Waals surface area contributed by atoms with Crippen LogP contribution in [0.25, 0.3) is 22.4 Å². The number of fused-ring (bicyclic) bond motifs is 1. The smallest absolute Gasteiger partial charge is 0.256 e. The number of hydrogen-bond donors (Lipinski definition) is 2. The number of aromatic hydroxyl groups is 1. The van der Waals surface area contributed by atoms with E-state index in [9.17, 15) is 9.90 Å². The average Bonchev–Trinajstić information content (AvgIpc) is 3.09. The predicted octanol–water partition coefficient (Wildman–Crippen LogP) is 4.76. The number of nitrogens with zero attached hydrogens (tertiary/aromatic N) is 1. The second-order valence-electron chi connectivity index (χ2n) is 5.95. The van der Waals surface area contributed by atoms with Crippen LogP contribution in [0.1, 0.15) is 16.1 Å². The maximum atomic E-state index is 12.9. The third-order valence-corrected chi connectivity index (χ3v) is 4.11. The van der Waals surface area contributed by atoms with Gasteiger partial charge < -0.3 is 14.8 Å². The maximum Gasteiger partial charge on any atom is 0.256 e. The van der Waals surface area contributed by atoms with Gasteiger partial charge in [0.15, 0.2) is 5.76 Å². The van der Waals surface area contributed by atoms with E-state index in [0.29, 0.717) is 28.2 Å². The normalized spacial score (nSPS) is 10.8. The molecule has 0 saturated carbocycles. The molecule has 0 saturated heterocycles. The molecule has 0 fully saturated rings. The maximum absolute atomic E-state index is 12.9. The molecule has 2 N–H and O–H groups in total. The van der Waals surface area contributed by atoms with Crippen LogP contribution in [0.2, 0.25) is 0 Å². The van der Waals surface area contributed by atoms with E-state index >= 15 is 0 Å². The number of phenols is 1. The van der Waals surface area contributed by atoms with Crippen molar-refractivity contribution in [3.63, 3.8) is 0 Å². The standard InChI is InChI=1S/C21H16N2O3/c1-13-10-11-20(26-13)18-12-15(14-6-2-3-7-16(14)22-18)21(25)23-17-8-4-5-9-19(17)24/h2-12,24H,1H3,(H,23,25). The van der Waals surface area contributed by atoms with Crippen LogP contribution in [0.3, 0.4) is 0 Å². The molecule has 0 bridgehead atoms. The minimum absolute atomic E-state index is 0.0149. The molecule has 2 heterocycles. The number of phenolic OH excluding ortho intramolecular Hbond substituents is 1. The number of carbonyl (C=O) groups excluding carboxylic acids is 1. The zero-order chi connectivity index (χ0) is 18.1. The highest BCUT2D eigenvalue weighted by Crippen LogP contribution is 2.28. The summed E-state index contributed by atoms with van der Waals surface area (Å²) in [4.78, 5) is 17.5. The van der Waals surface area contributed by atoms with Crippen LogP contribution in [-0.4, -0.2) is 16.0 Å². The summed E-state index contributed by atoms with van der Waals surface area (Å²) in [6, 6.07) is 19.4. The highest BCUT2D eigenvalue weighted by molar-refractivity contribution is 6.13. The molecule has 2 aromatic heterocycles. The lowest BCUT2D eigenvalue weighted by Gasteiger charge is -2.10. The van der Waals surface area contributed by atoms with E-state index in [1.807, 2.05) is 43.3 Å². The molecule has 0 aliphatic heterocycles. The van der Waals surface area contributed by atoms with Gasteiger partial charge in [-0.1, -0.05) is 30.3 Å². The van der Waals surface area contributed by atoms with E-state index in [1.165, 1.54) is 6.07 Å². The number of pyridine rings is 1. The zero-order valence-electron chi connectivity index (χ0n) is 14.1. The number of rotatable bonds is 3. The summed E-state index contributed by atoms with van der Waals surface area (Å²) in [6.07, 6.45) is 0. The van der Waals surface area contributed by atoms with Crippen molar-refractivity contribution in [1.29, 1.82) is 0 Å². The van der Waals surface area contributed by atoms with E-state index in [4.69, 9.17) is 4.42 Å². The Hall–Kier alpha value is -3.60. The van der Waals surface area contributed by atoms with Crippen molar-refractivity contribution in [1.82, 2.24) is 4.98 Å². The van der Waals surface area contributed by atoms with Crippen LogP contribution in [0.15, 0.2) is 71.1 Å². The van der Waals surface area contributed by atoms with Crippen molar-refractivity contribution >= 4 is 22.5 Å².